The van der Waals surface area contributed by atoms with Gasteiger partial charge in [0.15, 0.2) is 11.6 Å². The quantitative estimate of drug-likeness (QED) is 0.0444. The van der Waals surface area contributed by atoms with Crippen LogP contribution in [-0.4, -0.2) is 36.2 Å². The van der Waals surface area contributed by atoms with Gasteiger partial charge >= 0.3 is 8.09 Å². The number of nitrogens with zero attached hydrogens (tertiary/aromatic N) is 3. The highest BCUT2D eigenvalue weighted by molar-refractivity contribution is 8.07. The number of rotatable bonds is 14. The number of hydrogen-bond acceptors (Lipinski definition) is 5. The van der Waals surface area contributed by atoms with Crippen LogP contribution in [0.5, 0.6) is 11.5 Å². The van der Waals surface area contributed by atoms with Crippen molar-refractivity contribution in [2.75, 3.05) is 30.7 Å². The van der Waals surface area contributed by atoms with Gasteiger partial charge in [-0.3, -0.25) is 0 Å². The van der Waals surface area contributed by atoms with Crippen molar-refractivity contribution in [3.63, 3.8) is 0 Å². The molecular formula is C38H47N5O2P2S2+2. The summed E-state index contributed by atoms with van der Waals surface area (Å²) < 4.78 is 28.7. The van der Waals surface area contributed by atoms with Crippen LogP contribution in [-0.2, 0) is 17.8 Å². The molecule has 4 atom stereocenters. The lowest BCUT2D eigenvalue weighted by Crippen LogP contribution is -2.20. The van der Waals surface area contributed by atoms with Gasteiger partial charge in [0.2, 0.25) is 24.6 Å². The summed E-state index contributed by atoms with van der Waals surface area (Å²) in [6, 6.07) is 32.7. The highest BCUT2D eigenvalue weighted by Crippen LogP contribution is 2.54. The third-order valence-electron chi connectivity index (χ3n) is 8.04. The lowest BCUT2D eigenvalue weighted by Gasteiger charge is -2.18. The van der Waals surface area contributed by atoms with E-state index in [1.165, 1.54) is 33.6 Å². The number of aryl methyl sites for hydroxylation is 3. The van der Waals surface area contributed by atoms with Gasteiger partial charge in [-0.2, -0.15) is 4.76 Å². The second-order valence-electron chi connectivity index (χ2n) is 11.9. The Morgan fingerprint density at radius 1 is 0.878 bits per heavy atom. The summed E-state index contributed by atoms with van der Waals surface area (Å²) >= 11 is 6.90. The van der Waals surface area contributed by atoms with E-state index in [9.17, 15) is 0 Å². The Morgan fingerprint density at radius 3 is 2.00 bits per heavy atom. The molecule has 0 aliphatic carbocycles. The van der Waals surface area contributed by atoms with E-state index in [1.54, 1.807) is 7.05 Å². The summed E-state index contributed by atoms with van der Waals surface area (Å²) in [6.07, 6.45) is 0.952. The predicted molar refractivity (Wildman–Crippen MR) is 221 cm³/mol. The number of benzene rings is 4. The molecule has 0 amide bonds. The third kappa shape index (κ3) is 11.7. The van der Waals surface area contributed by atoms with Gasteiger partial charge in [-0.1, -0.05) is 80.4 Å². The standard InChI is InChI=1S/C38H47N5O2P2S2/c1-9-31-14-22-35(23-15-31)44-37(26-40-33-18-10-27(2)11-19-33)42-47(7,41-34-20-12-28(3)13-21-34)43-46(39-6)45-36-24-16-32(17-25-36)29(4)30(5)38(48)49-8/h10-25,29-30,40-41H,8-9,26H2,1-7H3/q+2/t29-,30?,47?/m1/s1. The molecule has 0 aliphatic rings. The van der Waals surface area contributed by atoms with Crippen LogP contribution in [0.3, 0.4) is 0 Å². The molecule has 0 saturated heterocycles. The number of anilines is 2. The molecule has 7 nitrogen and oxygen atoms in total. The van der Waals surface area contributed by atoms with Crippen molar-refractivity contribution in [1.82, 2.24) is 0 Å². The van der Waals surface area contributed by atoms with E-state index in [4.69, 9.17) is 30.8 Å². The Labute approximate surface area is 302 Å². The van der Waals surface area contributed by atoms with Crippen molar-refractivity contribution >= 4 is 66.4 Å². The monoisotopic (exact) mass is 731 g/mol. The number of thiocarbonyl (C=S) groups is 1. The minimum Gasteiger partial charge on any atom is -0.441 e. The zero-order valence-electron chi connectivity index (χ0n) is 29.4. The smallest absolute Gasteiger partial charge is 0.441 e. The van der Waals surface area contributed by atoms with Crippen LogP contribution in [0.25, 0.3) is 0 Å². The summed E-state index contributed by atoms with van der Waals surface area (Å²) in [7, 11) is -2.60. The average molecular weight is 732 g/mol. The van der Waals surface area contributed by atoms with Crippen LogP contribution in [0.4, 0.5) is 11.4 Å². The maximum absolute atomic E-state index is 6.46. The average Bonchev–Trinajstić information content (AvgIpc) is 3.11. The summed E-state index contributed by atoms with van der Waals surface area (Å²) in [4.78, 5) is 0. The molecule has 49 heavy (non-hydrogen) atoms. The lowest BCUT2D eigenvalue weighted by molar-refractivity contribution is 0.544. The third-order valence-corrected chi connectivity index (χ3v) is 13.4. The van der Waals surface area contributed by atoms with E-state index in [2.05, 4.69) is 116 Å². The maximum Gasteiger partial charge on any atom is 0.586 e. The molecule has 3 unspecified atom stereocenters. The van der Waals surface area contributed by atoms with Crippen LogP contribution >= 0.6 is 27.7 Å². The Balaban J connectivity index is 1.70. The second kappa shape index (κ2) is 18.3. The Morgan fingerprint density at radius 2 is 1.45 bits per heavy atom. The molecule has 4 rings (SSSR count). The molecular weight excluding hydrogens is 685 g/mol. The van der Waals surface area contributed by atoms with Crippen LogP contribution < -0.4 is 19.7 Å². The molecule has 0 spiro atoms. The van der Waals surface area contributed by atoms with Crippen LogP contribution in [0, 0.1) is 19.8 Å². The van der Waals surface area contributed by atoms with Crippen molar-refractivity contribution in [2.24, 2.45) is 19.9 Å². The molecule has 4 aromatic rings. The normalized spacial score (nSPS) is 14.2. The number of hydrogen-bond donors (Lipinski definition) is 2. The van der Waals surface area contributed by atoms with Gasteiger partial charge in [0.25, 0.3) is 4.20 Å². The first-order chi connectivity index (χ1) is 23.5. The lowest BCUT2D eigenvalue weighted by atomic mass is 9.90. The van der Waals surface area contributed by atoms with Gasteiger partial charge in [0.05, 0.1) is 19.5 Å². The molecule has 4 aromatic carbocycles. The molecule has 0 fully saturated rings. The first-order valence-electron chi connectivity index (χ1n) is 16.3. The fraction of sp³-hybridized carbons (Fsp3) is 0.289. The van der Waals surface area contributed by atoms with Crippen LogP contribution in [0.1, 0.15) is 48.9 Å². The van der Waals surface area contributed by atoms with Gasteiger partial charge in [0.1, 0.15) is 5.75 Å². The van der Waals surface area contributed by atoms with Crippen molar-refractivity contribution in [1.29, 1.82) is 0 Å². The Kier molecular flexibility index (Phi) is 14.2. The van der Waals surface area contributed by atoms with Gasteiger partial charge in [-0.25, -0.2) is 4.52 Å². The maximum atomic E-state index is 6.46. The Bertz CT molecular complexity index is 1830. The summed E-state index contributed by atoms with van der Waals surface area (Å²) in [5.41, 5.74) is 6.66. The first kappa shape index (κ1) is 38.1. The van der Waals surface area contributed by atoms with Crippen LogP contribution in [0.15, 0.2) is 111 Å². The fourth-order valence-corrected chi connectivity index (χ4v) is 9.12. The van der Waals surface area contributed by atoms with Gasteiger partial charge in [-0.05, 0) is 103 Å². The van der Waals surface area contributed by atoms with E-state index in [1.807, 2.05) is 43.1 Å². The van der Waals surface area contributed by atoms with E-state index < -0.39 is 15.4 Å². The van der Waals surface area contributed by atoms with Crippen molar-refractivity contribution in [3.8, 4) is 11.5 Å². The molecule has 0 bridgehead atoms. The summed E-state index contributed by atoms with van der Waals surface area (Å²) in [6.45, 7) is 13.0. The molecule has 0 saturated carbocycles. The zero-order chi connectivity index (χ0) is 35.4. The minimum absolute atomic E-state index is 0.222. The van der Waals surface area contributed by atoms with Crippen molar-refractivity contribution < 1.29 is 9.26 Å². The minimum atomic E-state index is -2.72. The van der Waals surface area contributed by atoms with E-state index in [0.717, 1.165) is 22.0 Å². The van der Waals surface area contributed by atoms with Crippen molar-refractivity contribution in [3.05, 3.63) is 119 Å². The predicted octanol–water partition coefficient (Wildman–Crippen LogP) is 11.3. The molecule has 0 heterocycles. The van der Waals surface area contributed by atoms with Crippen LogP contribution in [0.2, 0.25) is 0 Å². The van der Waals surface area contributed by atoms with E-state index in [-0.39, 0.29) is 11.8 Å². The van der Waals surface area contributed by atoms with Crippen molar-refractivity contribution in [2.45, 2.75) is 47.0 Å². The summed E-state index contributed by atoms with van der Waals surface area (Å²) in [5.74, 6) is 6.26. The second-order valence-corrected chi connectivity index (χ2v) is 17.4. The molecule has 0 aromatic heterocycles. The number of nitrogens with one attached hydrogen (secondary N) is 2. The number of ether oxygens (including phenoxy) is 1. The molecule has 2 N–H and O–H groups in total. The SMILES string of the molecule is C=[S+]C(=S)C(C)[C@@H](C)c1ccc(O[P+](=NC)N=P(C)(N=C(CNc2ccc(C)cc2)Oc2ccc(CC)cc2)Nc2ccc(C)cc2)cc1. The molecule has 256 valence electrons. The largest absolute Gasteiger partial charge is 0.586 e. The highest BCUT2D eigenvalue weighted by atomic mass is 32.2. The molecule has 0 radical (unpaired) electrons. The Hall–Kier alpha value is -3.74. The first-order valence-corrected chi connectivity index (χ1v) is 21.0. The highest BCUT2D eigenvalue weighted by Gasteiger charge is 2.27. The van der Waals surface area contributed by atoms with E-state index in [0.29, 0.717) is 23.9 Å². The van der Waals surface area contributed by atoms with Gasteiger partial charge < -0.3 is 15.1 Å². The summed E-state index contributed by atoms with van der Waals surface area (Å²) in [5, 5.41) is 7.11. The topological polar surface area (TPSA) is 79.6 Å². The molecule has 0 aliphatic heterocycles. The van der Waals surface area contributed by atoms with Gasteiger partial charge in [-0.15, -0.1) is 0 Å². The zero-order valence-corrected chi connectivity index (χ0v) is 32.8. The molecule has 11 heteroatoms. The van der Waals surface area contributed by atoms with E-state index >= 15 is 0 Å². The van der Waals surface area contributed by atoms with Gasteiger partial charge in [0, 0.05) is 22.6 Å². The fourth-order valence-electron chi connectivity index (χ4n) is 4.83.